The van der Waals surface area contributed by atoms with Crippen LogP contribution in [0.4, 0.5) is 0 Å². The summed E-state index contributed by atoms with van der Waals surface area (Å²) >= 11 is 0. The average Bonchev–Trinajstić information content (AvgIpc) is 2.43. The molecule has 0 aliphatic carbocycles. The maximum Gasteiger partial charge on any atom is 0.251 e. The largest absolute Gasteiger partial charge is 0.378 e. The number of halogens is 1. The van der Waals surface area contributed by atoms with Gasteiger partial charge in [0, 0.05) is 27.9 Å². The molecular formula is C14H22ClNO3. The standard InChI is InChI=1S/C14H21NO3.ClH/c1-16-12-14(17-2,18-3)15-11-7-10-13-8-5-4-6-9-13;/h4-10,15H,11-12H2,1-3H3;1H. The SMILES string of the molecule is COCC(NCC=Cc1ccccc1)(OC)OC.Cl. The van der Waals surface area contributed by atoms with Crippen LogP contribution in [-0.2, 0) is 14.2 Å². The fraction of sp³-hybridized carbons (Fsp3) is 0.429. The van der Waals surface area contributed by atoms with E-state index in [1.807, 2.05) is 42.5 Å². The number of methoxy groups -OCH3 is 3. The van der Waals surface area contributed by atoms with Crippen molar-refractivity contribution >= 4 is 18.5 Å². The molecular weight excluding hydrogens is 266 g/mol. The first-order valence-electron chi connectivity index (χ1n) is 5.82. The maximum atomic E-state index is 5.29. The van der Waals surface area contributed by atoms with Crippen molar-refractivity contribution in [2.24, 2.45) is 0 Å². The number of ether oxygens (including phenoxy) is 3. The maximum absolute atomic E-state index is 5.29. The molecule has 0 bridgehead atoms. The van der Waals surface area contributed by atoms with E-state index in [9.17, 15) is 0 Å². The van der Waals surface area contributed by atoms with Gasteiger partial charge in [-0.1, -0.05) is 42.5 Å². The summed E-state index contributed by atoms with van der Waals surface area (Å²) in [4.78, 5) is 0. The second-order valence-electron chi connectivity index (χ2n) is 3.79. The molecule has 0 aliphatic rings. The van der Waals surface area contributed by atoms with Crippen LogP contribution in [0.5, 0.6) is 0 Å². The third-order valence-electron chi connectivity index (χ3n) is 2.59. The van der Waals surface area contributed by atoms with Crippen molar-refractivity contribution in [3.8, 4) is 0 Å². The van der Waals surface area contributed by atoms with E-state index in [1.165, 1.54) is 0 Å². The highest BCUT2D eigenvalue weighted by molar-refractivity contribution is 5.85. The van der Waals surface area contributed by atoms with Gasteiger partial charge in [-0.25, -0.2) is 0 Å². The molecule has 0 saturated carbocycles. The van der Waals surface area contributed by atoms with Crippen LogP contribution in [0.25, 0.3) is 6.08 Å². The van der Waals surface area contributed by atoms with Crippen LogP contribution in [0.15, 0.2) is 36.4 Å². The summed E-state index contributed by atoms with van der Waals surface area (Å²) in [6.45, 7) is 0.944. The van der Waals surface area contributed by atoms with Gasteiger partial charge in [-0.2, -0.15) is 0 Å². The topological polar surface area (TPSA) is 39.7 Å². The monoisotopic (exact) mass is 287 g/mol. The first-order valence-corrected chi connectivity index (χ1v) is 5.82. The minimum atomic E-state index is -0.893. The Kier molecular flexibility index (Phi) is 9.47. The van der Waals surface area contributed by atoms with Crippen LogP contribution in [0.3, 0.4) is 0 Å². The molecule has 0 radical (unpaired) electrons. The molecule has 108 valence electrons. The Labute approximate surface area is 121 Å². The van der Waals surface area contributed by atoms with Crippen molar-refractivity contribution in [2.75, 3.05) is 34.5 Å². The van der Waals surface area contributed by atoms with Gasteiger partial charge in [0.2, 0.25) is 0 Å². The molecule has 0 amide bonds. The van der Waals surface area contributed by atoms with E-state index in [1.54, 1.807) is 21.3 Å². The Morgan fingerprint density at radius 3 is 2.26 bits per heavy atom. The van der Waals surface area contributed by atoms with Gasteiger partial charge in [0.25, 0.3) is 5.91 Å². The highest BCUT2D eigenvalue weighted by atomic mass is 35.5. The zero-order chi connectivity index (χ0) is 13.3. The quantitative estimate of drug-likeness (QED) is 0.745. The molecule has 0 atom stereocenters. The molecule has 1 N–H and O–H groups in total. The molecule has 0 aromatic heterocycles. The van der Waals surface area contributed by atoms with Gasteiger partial charge >= 0.3 is 0 Å². The van der Waals surface area contributed by atoms with Crippen LogP contribution in [0.1, 0.15) is 5.56 Å². The Hall–Kier alpha value is -0.910. The molecule has 0 spiro atoms. The summed E-state index contributed by atoms with van der Waals surface area (Å²) in [7, 11) is 4.77. The van der Waals surface area contributed by atoms with E-state index in [4.69, 9.17) is 14.2 Å². The lowest BCUT2D eigenvalue weighted by Crippen LogP contribution is -2.52. The van der Waals surface area contributed by atoms with Crippen LogP contribution in [0.2, 0.25) is 0 Å². The van der Waals surface area contributed by atoms with Crippen molar-refractivity contribution < 1.29 is 14.2 Å². The van der Waals surface area contributed by atoms with E-state index in [0.29, 0.717) is 13.2 Å². The van der Waals surface area contributed by atoms with Crippen molar-refractivity contribution in [1.82, 2.24) is 5.32 Å². The lowest BCUT2D eigenvalue weighted by atomic mass is 10.2. The first-order chi connectivity index (χ1) is 8.76. The second-order valence-corrected chi connectivity index (χ2v) is 3.79. The summed E-state index contributed by atoms with van der Waals surface area (Å²) < 4.78 is 15.6. The van der Waals surface area contributed by atoms with E-state index in [0.717, 1.165) is 5.56 Å². The molecule has 5 heteroatoms. The molecule has 1 rings (SSSR count). The van der Waals surface area contributed by atoms with Crippen molar-refractivity contribution in [3.63, 3.8) is 0 Å². The second kappa shape index (κ2) is 9.95. The third kappa shape index (κ3) is 6.18. The van der Waals surface area contributed by atoms with Gasteiger partial charge in [0.05, 0.1) is 0 Å². The van der Waals surface area contributed by atoms with Crippen LogP contribution < -0.4 is 5.32 Å². The lowest BCUT2D eigenvalue weighted by Gasteiger charge is -2.30. The molecule has 0 fully saturated rings. The number of nitrogens with one attached hydrogen (secondary N) is 1. The fourth-order valence-electron chi connectivity index (χ4n) is 1.56. The van der Waals surface area contributed by atoms with Gasteiger partial charge in [-0.05, 0) is 5.56 Å². The Balaban J connectivity index is 0.00000324. The number of rotatable bonds is 8. The van der Waals surface area contributed by atoms with Gasteiger partial charge in [0.1, 0.15) is 6.61 Å². The van der Waals surface area contributed by atoms with Crippen LogP contribution in [0, 0.1) is 0 Å². The van der Waals surface area contributed by atoms with Gasteiger partial charge in [-0.15, -0.1) is 12.4 Å². The van der Waals surface area contributed by atoms with E-state index in [-0.39, 0.29) is 12.4 Å². The summed E-state index contributed by atoms with van der Waals surface area (Å²) in [5.41, 5.74) is 1.16. The highest BCUT2D eigenvalue weighted by Gasteiger charge is 2.28. The first kappa shape index (κ1) is 18.1. The molecule has 0 aliphatic heterocycles. The Morgan fingerprint density at radius 2 is 1.74 bits per heavy atom. The third-order valence-corrected chi connectivity index (χ3v) is 2.59. The van der Waals surface area contributed by atoms with Crippen LogP contribution in [-0.4, -0.2) is 40.4 Å². The normalized spacial score (nSPS) is 11.5. The molecule has 19 heavy (non-hydrogen) atoms. The average molecular weight is 288 g/mol. The van der Waals surface area contributed by atoms with Crippen molar-refractivity contribution in [1.29, 1.82) is 0 Å². The summed E-state index contributed by atoms with van der Waals surface area (Å²) in [5, 5.41) is 3.15. The van der Waals surface area contributed by atoms with Crippen LogP contribution >= 0.6 is 12.4 Å². The molecule has 4 nitrogen and oxygen atoms in total. The number of hydrogen-bond acceptors (Lipinski definition) is 4. The predicted molar refractivity (Wildman–Crippen MR) is 79.4 cm³/mol. The van der Waals surface area contributed by atoms with E-state index in [2.05, 4.69) is 5.32 Å². The van der Waals surface area contributed by atoms with Gasteiger partial charge < -0.3 is 14.2 Å². The smallest absolute Gasteiger partial charge is 0.251 e. The zero-order valence-corrected chi connectivity index (χ0v) is 12.4. The van der Waals surface area contributed by atoms with Gasteiger partial charge in [0.15, 0.2) is 0 Å². The van der Waals surface area contributed by atoms with Gasteiger partial charge in [-0.3, -0.25) is 5.32 Å². The minimum absolute atomic E-state index is 0. The zero-order valence-electron chi connectivity index (χ0n) is 11.6. The number of hydrogen-bond donors (Lipinski definition) is 1. The highest BCUT2D eigenvalue weighted by Crippen LogP contribution is 2.07. The molecule has 1 aromatic rings. The van der Waals surface area contributed by atoms with E-state index >= 15 is 0 Å². The Morgan fingerprint density at radius 1 is 1.11 bits per heavy atom. The molecule has 0 unspecified atom stereocenters. The van der Waals surface area contributed by atoms with Crippen molar-refractivity contribution in [3.05, 3.63) is 42.0 Å². The van der Waals surface area contributed by atoms with Crippen molar-refractivity contribution in [2.45, 2.75) is 5.91 Å². The molecule has 0 saturated heterocycles. The predicted octanol–water partition coefficient (Wildman–Crippen LogP) is 2.30. The summed E-state index contributed by atoms with van der Waals surface area (Å²) in [6, 6.07) is 10.1. The molecule has 0 heterocycles. The summed E-state index contributed by atoms with van der Waals surface area (Å²) in [5.74, 6) is -0.893. The number of benzene rings is 1. The lowest BCUT2D eigenvalue weighted by molar-refractivity contribution is -0.249. The fourth-order valence-corrected chi connectivity index (χ4v) is 1.56. The molecule has 1 aromatic carbocycles. The van der Waals surface area contributed by atoms with E-state index < -0.39 is 5.91 Å². The minimum Gasteiger partial charge on any atom is -0.378 e. The summed E-state index contributed by atoms with van der Waals surface area (Å²) in [6.07, 6.45) is 4.05. The Bertz CT molecular complexity index is 353.